The third-order valence-electron chi connectivity index (χ3n) is 6.72. The molecule has 1 saturated heterocycles. The van der Waals surface area contributed by atoms with Crippen LogP contribution < -0.4 is 4.90 Å². The summed E-state index contributed by atoms with van der Waals surface area (Å²) < 4.78 is 3.53. The summed E-state index contributed by atoms with van der Waals surface area (Å²) >= 11 is 0. The highest BCUT2D eigenvalue weighted by Crippen LogP contribution is 2.32. The zero-order valence-corrected chi connectivity index (χ0v) is 21.0. The molecule has 9 nitrogen and oxygen atoms in total. The molecule has 1 aliphatic rings. The fourth-order valence-electron chi connectivity index (χ4n) is 4.71. The number of rotatable bonds is 4. The molecule has 5 aromatic heterocycles. The van der Waals surface area contributed by atoms with Crippen LogP contribution in [0.3, 0.4) is 0 Å². The Labute approximate surface area is 220 Å². The first kappa shape index (κ1) is 23.4. The first-order valence-corrected chi connectivity index (χ1v) is 12.4. The number of nitriles is 1. The number of fused-ring (bicyclic) bond motifs is 1. The van der Waals surface area contributed by atoms with Gasteiger partial charge in [-0.3, -0.25) is 14.6 Å². The van der Waals surface area contributed by atoms with Crippen LogP contribution in [0.5, 0.6) is 0 Å². The van der Waals surface area contributed by atoms with E-state index in [9.17, 15) is 5.26 Å². The quantitative estimate of drug-likeness (QED) is 0.351. The molecule has 5 aromatic rings. The second kappa shape index (κ2) is 10.2. The van der Waals surface area contributed by atoms with Crippen LogP contribution in [0.25, 0.3) is 27.8 Å². The van der Waals surface area contributed by atoms with Gasteiger partial charge in [0.2, 0.25) is 0 Å². The SMILES string of the molecule is Cn1cc(-c2cc(-c3ccc(N4CCN(CC#Cc5cccnc5)CC4)nc3)c3c(C#N)cnn3c2)cn1. The lowest BCUT2D eigenvalue weighted by molar-refractivity contribution is 0.287. The number of hydrogen-bond donors (Lipinski definition) is 0. The minimum absolute atomic E-state index is 0.532. The fraction of sp³-hybridized carbons (Fsp3) is 0.207. The van der Waals surface area contributed by atoms with Gasteiger partial charge in [0.15, 0.2) is 0 Å². The van der Waals surface area contributed by atoms with Gasteiger partial charge in [-0.25, -0.2) is 9.50 Å². The molecule has 0 bridgehead atoms. The summed E-state index contributed by atoms with van der Waals surface area (Å²) in [5.74, 6) is 7.38. The molecular formula is C29H25N9. The molecule has 1 fully saturated rings. The largest absolute Gasteiger partial charge is 0.354 e. The number of aromatic nitrogens is 6. The number of nitrogens with zero attached hydrogens (tertiary/aromatic N) is 9. The van der Waals surface area contributed by atoms with Crippen molar-refractivity contribution in [1.29, 1.82) is 5.26 Å². The number of hydrogen-bond acceptors (Lipinski definition) is 7. The average molecular weight is 500 g/mol. The van der Waals surface area contributed by atoms with Crippen LogP contribution in [0.1, 0.15) is 11.1 Å². The lowest BCUT2D eigenvalue weighted by Crippen LogP contribution is -2.46. The maximum atomic E-state index is 9.68. The van der Waals surface area contributed by atoms with E-state index in [0.717, 1.165) is 71.9 Å². The third kappa shape index (κ3) is 4.71. The van der Waals surface area contributed by atoms with E-state index >= 15 is 0 Å². The Morgan fingerprint density at radius 2 is 1.82 bits per heavy atom. The fourth-order valence-corrected chi connectivity index (χ4v) is 4.71. The van der Waals surface area contributed by atoms with Crippen LogP contribution >= 0.6 is 0 Å². The molecule has 0 saturated carbocycles. The molecule has 0 atom stereocenters. The molecule has 9 heteroatoms. The Morgan fingerprint density at radius 3 is 2.53 bits per heavy atom. The predicted octanol–water partition coefficient (Wildman–Crippen LogP) is 3.24. The molecular weight excluding hydrogens is 474 g/mol. The van der Waals surface area contributed by atoms with Crippen molar-refractivity contribution in [2.45, 2.75) is 0 Å². The van der Waals surface area contributed by atoms with Gasteiger partial charge >= 0.3 is 0 Å². The number of pyridine rings is 3. The molecule has 0 radical (unpaired) electrons. The summed E-state index contributed by atoms with van der Waals surface area (Å²) in [6.07, 6.45) is 12.8. The van der Waals surface area contributed by atoms with Crippen LogP contribution in [-0.2, 0) is 7.05 Å². The Morgan fingerprint density at radius 1 is 0.921 bits per heavy atom. The molecule has 0 N–H and O–H groups in total. The van der Waals surface area contributed by atoms with E-state index in [-0.39, 0.29) is 0 Å². The molecule has 6 rings (SSSR count). The second-order valence-corrected chi connectivity index (χ2v) is 9.22. The second-order valence-electron chi connectivity index (χ2n) is 9.22. The summed E-state index contributed by atoms with van der Waals surface area (Å²) in [5.41, 5.74) is 6.05. The topological polar surface area (TPSA) is 91.2 Å². The molecule has 0 aliphatic carbocycles. The summed E-state index contributed by atoms with van der Waals surface area (Å²) in [7, 11) is 1.89. The van der Waals surface area contributed by atoms with Crippen LogP contribution in [0.2, 0.25) is 0 Å². The molecule has 38 heavy (non-hydrogen) atoms. The normalized spacial score (nSPS) is 13.7. The van der Waals surface area contributed by atoms with Gasteiger partial charge in [0, 0.05) is 92.0 Å². The van der Waals surface area contributed by atoms with Crippen molar-refractivity contribution in [2.75, 3.05) is 37.6 Å². The van der Waals surface area contributed by atoms with Crippen LogP contribution in [0, 0.1) is 23.2 Å². The van der Waals surface area contributed by atoms with E-state index in [1.165, 1.54) is 0 Å². The molecule has 186 valence electrons. The first-order valence-electron chi connectivity index (χ1n) is 12.4. The van der Waals surface area contributed by atoms with E-state index in [0.29, 0.717) is 5.56 Å². The standard InChI is InChI=1S/C29H25N9/c1-35-20-26(19-33-35)24-14-27(29-25(15-30)18-34-38(29)21-24)23-6-7-28(32-17-23)37-12-10-36(11-13-37)9-3-5-22-4-2-8-31-16-22/h2,4,6-8,14,16-21H,9-13H2,1H3. The lowest BCUT2D eigenvalue weighted by atomic mass is 10.0. The summed E-state index contributed by atoms with van der Waals surface area (Å²) in [6, 6.07) is 12.4. The van der Waals surface area contributed by atoms with Gasteiger partial charge < -0.3 is 4.90 Å². The van der Waals surface area contributed by atoms with Crippen LogP contribution in [-0.4, -0.2) is 67.0 Å². The first-order chi connectivity index (χ1) is 18.7. The molecule has 0 aromatic carbocycles. The van der Waals surface area contributed by atoms with Gasteiger partial charge in [-0.1, -0.05) is 11.8 Å². The third-order valence-corrected chi connectivity index (χ3v) is 6.72. The highest BCUT2D eigenvalue weighted by atomic mass is 15.3. The smallest absolute Gasteiger partial charge is 0.128 e. The maximum Gasteiger partial charge on any atom is 0.128 e. The van der Waals surface area contributed by atoms with Crippen LogP contribution in [0.4, 0.5) is 5.82 Å². The Bertz CT molecular complexity index is 1670. The lowest BCUT2D eigenvalue weighted by Gasteiger charge is -2.34. The Balaban J connectivity index is 1.19. The number of piperazine rings is 1. The number of anilines is 1. The molecule has 0 spiro atoms. The average Bonchev–Trinajstić information content (AvgIpc) is 3.60. The summed E-state index contributed by atoms with van der Waals surface area (Å²) in [6.45, 7) is 4.39. The van der Waals surface area contributed by atoms with Crippen LogP contribution in [0.15, 0.2) is 73.7 Å². The van der Waals surface area contributed by atoms with Gasteiger partial charge in [0.25, 0.3) is 0 Å². The molecule has 1 aliphatic heterocycles. The monoisotopic (exact) mass is 499 g/mol. The van der Waals surface area contributed by atoms with E-state index in [4.69, 9.17) is 4.98 Å². The zero-order chi connectivity index (χ0) is 25.9. The summed E-state index contributed by atoms with van der Waals surface area (Å²) in [5, 5.41) is 18.4. The van der Waals surface area contributed by atoms with Crippen molar-refractivity contribution in [1.82, 2.24) is 34.3 Å². The number of aryl methyl sites for hydroxylation is 1. The van der Waals surface area contributed by atoms with E-state index in [2.05, 4.69) is 61.1 Å². The van der Waals surface area contributed by atoms with E-state index in [1.54, 1.807) is 27.8 Å². The van der Waals surface area contributed by atoms with Gasteiger partial charge in [0.05, 0.1) is 30.0 Å². The highest BCUT2D eigenvalue weighted by molar-refractivity contribution is 5.87. The minimum Gasteiger partial charge on any atom is -0.354 e. The zero-order valence-electron chi connectivity index (χ0n) is 21.0. The van der Waals surface area contributed by atoms with Crippen molar-refractivity contribution in [2.24, 2.45) is 7.05 Å². The van der Waals surface area contributed by atoms with E-state index < -0.39 is 0 Å². The Kier molecular flexibility index (Phi) is 6.27. The molecule has 6 heterocycles. The van der Waals surface area contributed by atoms with E-state index in [1.807, 2.05) is 44.0 Å². The van der Waals surface area contributed by atoms with Crippen molar-refractivity contribution >= 4 is 11.3 Å². The van der Waals surface area contributed by atoms with Gasteiger partial charge in [-0.15, -0.1) is 0 Å². The minimum atomic E-state index is 0.532. The van der Waals surface area contributed by atoms with Gasteiger partial charge in [-0.05, 0) is 30.3 Å². The Hall–Kier alpha value is -4.99. The summed E-state index contributed by atoms with van der Waals surface area (Å²) in [4.78, 5) is 13.6. The van der Waals surface area contributed by atoms with Crippen molar-refractivity contribution in [3.8, 4) is 40.2 Å². The maximum absolute atomic E-state index is 9.68. The highest BCUT2D eigenvalue weighted by Gasteiger charge is 2.19. The predicted molar refractivity (Wildman–Crippen MR) is 145 cm³/mol. The van der Waals surface area contributed by atoms with Gasteiger partial charge in [0.1, 0.15) is 11.9 Å². The van der Waals surface area contributed by atoms with Crippen molar-refractivity contribution < 1.29 is 0 Å². The van der Waals surface area contributed by atoms with Crippen molar-refractivity contribution in [3.63, 3.8) is 0 Å². The van der Waals surface area contributed by atoms with Gasteiger partial charge in [-0.2, -0.15) is 15.5 Å². The van der Waals surface area contributed by atoms with Crippen molar-refractivity contribution in [3.05, 3.63) is 84.8 Å². The molecule has 0 unspecified atom stereocenters. The molecule has 0 amide bonds.